The van der Waals surface area contributed by atoms with E-state index in [1.54, 1.807) is 60.7 Å². The maximum Gasteiger partial charge on any atom is 0.418 e. The molecule has 0 aliphatic rings. The second-order valence-corrected chi connectivity index (χ2v) is 7.45. The minimum atomic E-state index is -2.00. The molecule has 2 rings (SSSR count). The highest BCUT2D eigenvalue weighted by Gasteiger charge is 2.40. The second kappa shape index (κ2) is 14.1. The molecule has 2 amide bonds. The number of benzene rings is 2. The fraction of sp³-hybridized carbons (Fsp3) is 0.292. The van der Waals surface area contributed by atoms with Crippen LogP contribution in [0.25, 0.3) is 0 Å². The Kier molecular flexibility index (Phi) is 10.9. The normalized spacial score (nSPS) is 12.0. The molecule has 185 valence electrons. The number of carbonyl (C=O) groups excluding carboxylic acids is 4. The van der Waals surface area contributed by atoms with Crippen LogP contribution in [0.4, 0.5) is 4.79 Å². The predicted octanol–water partition coefficient (Wildman–Crippen LogP) is 0.964. The van der Waals surface area contributed by atoms with E-state index in [-0.39, 0.29) is 32.1 Å². The number of nitrogens with zero attached hydrogens (tertiary/aromatic N) is 1. The molecule has 0 fully saturated rings. The summed E-state index contributed by atoms with van der Waals surface area (Å²) in [5.74, 6) is -2.40. The highest BCUT2D eigenvalue weighted by Crippen LogP contribution is 2.12. The zero-order valence-electron chi connectivity index (χ0n) is 19.0. The number of ether oxygens (including phenoxy) is 2. The van der Waals surface area contributed by atoms with Crippen molar-refractivity contribution in [1.82, 2.24) is 10.2 Å². The van der Waals surface area contributed by atoms with Crippen LogP contribution in [0, 0.1) is 5.41 Å². The minimum absolute atomic E-state index is 0.0756. The van der Waals surface area contributed by atoms with Gasteiger partial charge in [-0.3, -0.25) is 15.0 Å². The van der Waals surface area contributed by atoms with Gasteiger partial charge in [0, 0.05) is 6.54 Å². The van der Waals surface area contributed by atoms with Crippen molar-refractivity contribution >= 4 is 30.2 Å². The van der Waals surface area contributed by atoms with E-state index in [4.69, 9.17) is 26.4 Å². The number of rotatable bonds is 12. The van der Waals surface area contributed by atoms with Crippen molar-refractivity contribution in [3.8, 4) is 0 Å². The van der Waals surface area contributed by atoms with Crippen LogP contribution in [0.3, 0.4) is 0 Å². The number of nitrogens with two attached hydrogens (primary N) is 2. The Labute approximate surface area is 202 Å². The summed E-state index contributed by atoms with van der Waals surface area (Å²) in [6.45, 7) is -0.120. The Morgan fingerprint density at radius 3 is 2.03 bits per heavy atom. The maximum absolute atomic E-state index is 13.0. The van der Waals surface area contributed by atoms with Gasteiger partial charge in [0.2, 0.25) is 18.2 Å². The molecule has 11 nitrogen and oxygen atoms in total. The number of guanidine groups is 1. The van der Waals surface area contributed by atoms with E-state index in [0.717, 1.165) is 0 Å². The summed E-state index contributed by atoms with van der Waals surface area (Å²) in [4.78, 5) is 50.6. The molecule has 35 heavy (non-hydrogen) atoms. The van der Waals surface area contributed by atoms with Gasteiger partial charge >= 0.3 is 12.1 Å². The fourth-order valence-electron chi connectivity index (χ4n) is 2.97. The largest absolute Gasteiger partial charge is 0.459 e. The number of amides is 2. The molecular formula is C24H28N5O6. The first-order valence-electron chi connectivity index (χ1n) is 10.8. The van der Waals surface area contributed by atoms with E-state index in [2.05, 4.69) is 5.32 Å². The summed E-state index contributed by atoms with van der Waals surface area (Å²) in [7, 11) is 0. The Morgan fingerprint density at radius 2 is 1.51 bits per heavy atom. The number of carbonyl (C=O) groups is 3. The summed E-state index contributed by atoms with van der Waals surface area (Å²) in [6.07, 6.45) is 0.570. The number of hydrogen-bond donors (Lipinski definition) is 4. The smallest absolute Gasteiger partial charge is 0.418 e. The van der Waals surface area contributed by atoms with E-state index in [1.807, 2.05) is 0 Å². The first-order chi connectivity index (χ1) is 16.8. The Morgan fingerprint density at radius 1 is 0.971 bits per heavy atom. The first kappa shape index (κ1) is 27.0. The van der Waals surface area contributed by atoms with Crippen LogP contribution in [0.5, 0.6) is 0 Å². The van der Waals surface area contributed by atoms with Crippen molar-refractivity contribution in [2.45, 2.75) is 38.1 Å². The number of hydrogen-bond acceptors (Lipinski definition) is 8. The van der Waals surface area contributed by atoms with Gasteiger partial charge in [-0.25, -0.2) is 14.5 Å². The van der Waals surface area contributed by atoms with E-state index in [1.165, 1.54) is 6.29 Å². The lowest BCUT2D eigenvalue weighted by Crippen LogP contribution is -2.55. The standard InChI is InChI=1S/C24H28N5O6/c25-19(12-7-13-28-23(26)27)21(31)29(24(33)35-16-18-10-5-2-6-11-18)20(14-30)22(32)34-15-17-8-3-1-4-9-17/h1-6,8-11,19-20H,7,12-13,15-16,25H2,(H4,26,27,28)/t19-,20+/m0/s1. The molecule has 0 aliphatic carbocycles. The van der Waals surface area contributed by atoms with Crippen molar-refractivity contribution in [3.05, 3.63) is 71.8 Å². The van der Waals surface area contributed by atoms with Crippen LogP contribution in [-0.2, 0) is 37.1 Å². The molecule has 0 unspecified atom stereocenters. The monoisotopic (exact) mass is 482 g/mol. The van der Waals surface area contributed by atoms with Gasteiger partial charge in [-0.15, -0.1) is 0 Å². The van der Waals surface area contributed by atoms with Crippen molar-refractivity contribution in [1.29, 1.82) is 5.41 Å². The molecule has 1 radical (unpaired) electrons. The summed E-state index contributed by atoms with van der Waals surface area (Å²) < 4.78 is 10.3. The average molecular weight is 483 g/mol. The SMILES string of the molecule is N=C(N)NCCC[C@H](N)C(=O)N(C(=O)OCc1ccccc1)[C@H]([C]=O)C(=O)OCc1ccccc1. The van der Waals surface area contributed by atoms with Crippen molar-refractivity contribution in [2.24, 2.45) is 11.5 Å². The van der Waals surface area contributed by atoms with Crippen LogP contribution >= 0.6 is 0 Å². The van der Waals surface area contributed by atoms with Crippen LogP contribution in [0.15, 0.2) is 60.7 Å². The van der Waals surface area contributed by atoms with Gasteiger partial charge in [-0.2, -0.15) is 0 Å². The molecule has 6 N–H and O–H groups in total. The zero-order chi connectivity index (χ0) is 25.6. The lowest BCUT2D eigenvalue weighted by atomic mass is 10.1. The fourth-order valence-corrected chi connectivity index (χ4v) is 2.97. The third-order valence-corrected chi connectivity index (χ3v) is 4.78. The predicted molar refractivity (Wildman–Crippen MR) is 126 cm³/mol. The molecule has 2 aromatic rings. The number of imide groups is 1. The summed E-state index contributed by atoms with van der Waals surface area (Å²) in [6, 6.07) is 14.1. The van der Waals surface area contributed by atoms with E-state index < -0.39 is 30.1 Å². The van der Waals surface area contributed by atoms with Crippen molar-refractivity contribution < 1.29 is 28.7 Å². The maximum atomic E-state index is 13.0. The molecule has 0 bridgehead atoms. The summed E-state index contributed by atoms with van der Waals surface area (Å²) >= 11 is 0. The molecule has 0 aromatic heterocycles. The quantitative estimate of drug-likeness (QED) is 0.113. The van der Waals surface area contributed by atoms with Gasteiger partial charge in [0.25, 0.3) is 0 Å². The molecule has 11 heteroatoms. The highest BCUT2D eigenvalue weighted by molar-refractivity contribution is 6.05. The van der Waals surface area contributed by atoms with Gasteiger partial charge in [-0.05, 0) is 24.0 Å². The topological polar surface area (TPSA) is 178 Å². The molecule has 2 aromatic carbocycles. The van der Waals surface area contributed by atoms with E-state index >= 15 is 0 Å². The van der Waals surface area contributed by atoms with Crippen LogP contribution in [-0.4, -0.2) is 53.7 Å². The van der Waals surface area contributed by atoms with Crippen LogP contribution in [0.1, 0.15) is 24.0 Å². The zero-order valence-corrected chi connectivity index (χ0v) is 19.0. The third-order valence-electron chi connectivity index (χ3n) is 4.78. The highest BCUT2D eigenvalue weighted by atomic mass is 16.6. The van der Waals surface area contributed by atoms with Gasteiger partial charge in [0.1, 0.15) is 13.2 Å². The lowest BCUT2D eigenvalue weighted by Gasteiger charge is -2.26. The number of nitrogens with one attached hydrogen (secondary N) is 2. The van der Waals surface area contributed by atoms with Crippen molar-refractivity contribution in [3.63, 3.8) is 0 Å². The van der Waals surface area contributed by atoms with Crippen LogP contribution in [0.2, 0.25) is 0 Å². The second-order valence-electron chi connectivity index (χ2n) is 7.45. The Bertz CT molecular complexity index is 1000. The third kappa shape index (κ3) is 8.89. The summed E-state index contributed by atoms with van der Waals surface area (Å²) in [5, 5.41) is 9.71. The minimum Gasteiger partial charge on any atom is -0.459 e. The molecule has 0 saturated carbocycles. The molecule has 0 spiro atoms. The number of esters is 1. The molecule has 0 heterocycles. The van der Waals surface area contributed by atoms with Crippen molar-refractivity contribution in [2.75, 3.05) is 6.54 Å². The van der Waals surface area contributed by atoms with Gasteiger partial charge in [0.15, 0.2) is 5.96 Å². The van der Waals surface area contributed by atoms with Gasteiger partial charge in [0.05, 0.1) is 6.04 Å². The molecule has 0 saturated heterocycles. The molecule has 2 atom stereocenters. The lowest BCUT2D eigenvalue weighted by molar-refractivity contribution is -0.152. The Hall–Kier alpha value is -4.25. The molecule has 0 aliphatic heterocycles. The van der Waals surface area contributed by atoms with Gasteiger partial charge in [-0.1, -0.05) is 60.7 Å². The summed E-state index contributed by atoms with van der Waals surface area (Å²) in [5.41, 5.74) is 12.4. The van der Waals surface area contributed by atoms with E-state index in [9.17, 15) is 19.2 Å². The average Bonchev–Trinajstić information content (AvgIpc) is 2.87. The van der Waals surface area contributed by atoms with Gasteiger partial charge < -0.3 is 26.3 Å². The first-order valence-corrected chi connectivity index (χ1v) is 10.8. The van der Waals surface area contributed by atoms with Crippen LogP contribution < -0.4 is 16.8 Å². The Balaban J connectivity index is 2.14. The molecular weight excluding hydrogens is 454 g/mol. The van der Waals surface area contributed by atoms with E-state index in [0.29, 0.717) is 22.4 Å².